The zero-order chi connectivity index (χ0) is 11.6. The van der Waals surface area contributed by atoms with E-state index in [4.69, 9.17) is 5.11 Å². The van der Waals surface area contributed by atoms with Gasteiger partial charge in [-0.15, -0.1) is 0 Å². The standard InChI is InChI=1S/C8H12O7/c9-2-1-8(14)7(13)6(12)5(11)4(3-10)15-8/h1,4-7,10-14H,3H2/t4-,5-,6+,7+,8?/m1/s1. The normalized spacial score (nSPS) is 45.9. The largest absolute Gasteiger partial charge is 0.394 e. The van der Waals surface area contributed by atoms with E-state index in [1.807, 2.05) is 0 Å². The van der Waals surface area contributed by atoms with Gasteiger partial charge in [0, 0.05) is 0 Å². The molecule has 1 unspecified atom stereocenters. The molecule has 0 aliphatic carbocycles. The van der Waals surface area contributed by atoms with Crippen LogP contribution in [-0.4, -0.2) is 68.3 Å². The Labute approximate surface area is 84.8 Å². The van der Waals surface area contributed by atoms with Gasteiger partial charge in [-0.2, -0.15) is 0 Å². The van der Waals surface area contributed by atoms with Crippen LogP contribution in [0.3, 0.4) is 0 Å². The van der Waals surface area contributed by atoms with Crippen molar-refractivity contribution in [1.29, 1.82) is 0 Å². The van der Waals surface area contributed by atoms with Crippen molar-refractivity contribution in [3.63, 3.8) is 0 Å². The van der Waals surface area contributed by atoms with E-state index in [1.54, 1.807) is 0 Å². The van der Waals surface area contributed by atoms with Crippen LogP contribution in [0.1, 0.15) is 0 Å². The van der Waals surface area contributed by atoms with E-state index in [1.165, 1.54) is 5.94 Å². The number of ether oxygens (including phenoxy) is 1. The third-order valence-corrected chi connectivity index (χ3v) is 2.26. The van der Waals surface area contributed by atoms with Crippen LogP contribution in [0.5, 0.6) is 0 Å². The summed E-state index contributed by atoms with van der Waals surface area (Å²) in [6, 6.07) is 0. The van der Waals surface area contributed by atoms with Crippen molar-refractivity contribution in [1.82, 2.24) is 0 Å². The molecule has 0 saturated carbocycles. The maximum Gasteiger partial charge on any atom is 0.226 e. The average Bonchev–Trinajstić information content (AvgIpc) is 2.21. The van der Waals surface area contributed by atoms with E-state index in [0.29, 0.717) is 6.08 Å². The number of hydrogen-bond donors (Lipinski definition) is 5. The van der Waals surface area contributed by atoms with Crippen LogP contribution in [0.2, 0.25) is 0 Å². The van der Waals surface area contributed by atoms with Gasteiger partial charge in [-0.25, -0.2) is 4.79 Å². The van der Waals surface area contributed by atoms with Crippen LogP contribution in [0, 0.1) is 0 Å². The Morgan fingerprint density at radius 1 is 1.33 bits per heavy atom. The maximum absolute atomic E-state index is 10.1. The van der Waals surface area contributed by atoms with Gasteiger partial charge in [0.15, 0.2) is 0 Å². The van der Waals surface area contributed by atoms with Gasteiger partial charge < -0.3 is 30.3 Å². The molecule has 0 aromatic carbocycles. The molecule has 15 heavy (non-hydrogen) atoms. The number of hydrogen-bond acceptors (Lipinski definition) is 7. The van der Waals surface area contributed by atoms with Crippen LogP contribution < -0.4 is 0 Å². The van der Waals surface area contributed by atoms with Crippen LogP contribution in [-0.2, 0) is 9.53 Å². The van der Waals surface area contributed by atoms with Crippen LogP contribution in [0.15, 0.2) is 6.08 Å². The lowest BCUT2D eigenvalue weighted by atomic mass is 9.93. The monoisotopic (exact) mass is 220 g/mol. The van der Waals surface area contributed by atoms with Crippen LogP contribution in [0.25, 0.3) is 0 Å². The fourth-order valence-electron chi connectivity index (χ4n) is 1.38. The second kappa shape index (κ2) is 4.38. The highest BCUT2D eigenvalue weighted by Crippen LogP contribution is 2.28. The molecule has 7 nitrogen and oxygen atoms in total. The summed E-state index contributed by atoms with van der Waals surface area (Å²) in [5.74, 6) is -1.25. The molecule has 0 radical (unpaired) electrons. The summed E-state index contributed by atoms with van der Waals surface area (Å²) < 4.78 is 4.69. The fourth-order valence-corrected chi connectivity index (χ4v) is 1.38. The van der Waals surface area contributed by atoms with E-state index in [-0.39, 0.29) is 0 Å². The molecule has 0 spiro atoms. The summed E-state index contributed by atoms with van der Waals surface area (Å²) in [5, 5.41) is 46.3. The first-order valence-electron chi connectivity index (χ1n) is 4.23. The van der Waals surface area contributed by atoms with Crippen molar-refractivity contribution in [3.8, 4) is 0 Å². The van der Waals surface area contributed by atoms with E-state index < -0.39 is 36.8 Å². The predicted octanol–water partition coefficient (Wildman–Crippen LogP) is -3.46. The molecule has 0 bridgehead atoms. The van der Waals surface area contributed by atoms with Crippen molar-refractivity contribution >= 4 is 5.94 Å². The van der Waals surface area contributed by atoms with Crippen molar-refractivity contribution in [2.45, 2.75) is 30.2 Å². The van der Waals surface area contributed by atoms with Gasteiger partial charge in [-0.1, -0.05) is 0 Å². The molecule has 1 fully saturated rings. The first kappa shape index (κ1) is 12.3. The molecular weight excluding hydrogens is 208 g/mol. The van der Waals surface area contributed by atoms with Crippen molar-refractivity contribution in [2.24, 2.45) is 0 Å². The Kier molecular flexibility index (Phi) is 3.58. The molecule has 5 N–H and O–H groups in total. The lowest BCUT2D eigenvalue weighted by Crippen LogP contribution is -2.64. The topological polar surface area (TPSA) is 127 Å². The molecule has 5 atom stereocenters. The number of aliphatic hydroxyl groups excluding tert-OH is 4. The average molecular weight is 220 g/mol. The van der Waals surface area contributed by atoms with Gasteiger partial charge in [0.25, 0.3) is 0 Å². The van der Waals surface area contributed by atoms with Crippen molar-refractivity contribution < 1.29 is 35.1 Å². The summed E-state index contributed by atoms with van der Waals surface area (Å²) in [6.07, 6.45) is -6.00. The lowest BCUT2D eigenvalue weighted by molar-refractivity contribution is -0.326. The Hall–Kier alpha value is -0.790. The van der Waals surface area contributed by atoms with E-state index >= 15 is 0 Å². The van der Waals surface area contributed by atoms with Gasteiger partial charge in [-0.3, -0.25) is 0 Å². The highest BCUT2D eigenvalue weighted by molar-refractivity contribution is 5.47. The maximum atomic E-state index is 10.1. The molecule has 7 heteroatoms. The number of aliphatic hydroxyl groups is 5. The van der Waals surface area contributed by atoms with Gasteiger partial charge in [0.05, 0.1) is 12.7 Å². The second-order valence-corrected chi connectivity index (χ2v) is 3.28. The molecular formula is C8H12O7. The fraction of sp³-hybridized carbons (Fsp3) is 0.750. The highest BCUT2D eigenvalue weighted by atomic mass is 16.7. The molecule has 86 valence electrons. The van der Waals surface area contributed by atoms with Crippen molar-refractivity contribution in [3.05, 3.63) is 6.08 Å². The molecule has 0 amide bonds. The smallest absolute Gasteiger partial charge is 0.226 e. The third kappa shape index (κ3) is 2.09. The van der Waals surface area contributed by atoms with Gasteiger partial charge in [0.1, 0.15) is 30.4 Å². The Bertz CT molecular complexity index is 272. The Morgan fingerprint density at radius 3 is 2.40 bits per heavy atom. The Balaban J connectivity index is 2.97. The molecule has 0 aromatic rings. The summed E-state index contributed by atoms with van der Waals surface area (Å²) in [7, 11) is 0. The minimum absolute atomic E-state index is 0.468. The first-order valence-corrected chi connectivity index (χ1v) is 4.23. The summed E-state index contributed by atoms with van der Waals surface area (Å²) in [4.78, 5) is 10.1. The summed E-state index contributed by atoms with van der Waals surface area (Å²) in [5.41, 5.74) is 0. The minimum atomic E-state index is -2.45. The third-order valence-electron chi connectivity index (χ3n) is 2.26. The number of rotatable bonds is 2. The van der Waals surface area contributed by atoms with Crippen molar-refractivity contribution in [2.75, 3.05) is 6.61 Å². The van der Waals surface area contributed by atoms with E-state index in [2.05, 4.69) is 4.74 Å². The zero-order valence-electron chi connectivity index (χ0n) is 7.65. The Morgan fingerprint density at radius 2 is 1.93 bits per heavy atom. The molecule has 1 heterocycles. The molecule has 1 aliphatic heterocycles. The number of carbonyl (C=O) groups excluding carboxylic acids is 1. The minimum Gasteiger partial charge on any atom is -0.394 e. The highest BCUT2D eigenvalue weighted by Gasteiger charge is 2.51. The summed E-state index contributed by atoms with van der Waals surface area (Å²) >= 11 is 0. The molecule has 1 saturated heterocycles. The van der Waals surface area contributed by atoms with Gasteiger partial charge in [-0.05, 0) is 0 Å². The lowest BCUT2D eigenvalue weighted by Gasteiger charge is -2.43. The predicted molar refractivity (Wildman–Crippen MR) is 45.2 cm³/mol. The summed E-state index contributed by atoms with van der Waals surface area (Å²) in [6.45, 7) is -0.681. The SMILES string of the molecule is O=C=CC1(O)O[C@H](CO)[C@@H](O)[C@H](O)[C@@H]1O. The van der Waals surface area contributed by atoms with Gasteiger partial charge in [0.2, 0.25) is 5.79 Å². The second-order valence-electron chi connectivity index (χ2n) is 3.28. The molecule has 1 rings (SSSR count). The van der Waals surface area contributed by atoms with Crippen LogP contribution >= 0.6 is 0 Å². The van der Waals surface area contributed by atoms with Gasteiger partial charge >= 0.3 is 0 Å². The zero-order valence-corrected chi connectivity index (χ0v) is 7.65. The molecule has 1 aliphatic rings. The van der Waals surface area contributed by atoms with E-state index in [0.717, 1.165) is 0 Å². The quantitative estimate of drug-likeness (QED) is 0.306. The van der Waals surface area contributed by atoms with Crippen LogP contribution in [0.4, 0.5) is 0 Å². The van der Waals surface area contributed by atoms with E-state index in [9.17, 15) is 25.2 Å². The first-order chi connectivity index (χ1) is 6.96. The molecule has 0 aromatic heterocycles.